The number of nitrogens with zero attached hydrogens (tertiary/aromatic N) is 1. The van der Waals surface area contributed by atoms with Gasteiger partial charge in [-0.25, -0.2) is 4.98 Å². The van der Waals surface area contributed by atoms with Crippen molar-refractivity contribution in [3.8, 4) is 0 Å². The first-order valence-corrected chi connectivity index (χ1v) is 4.10. The lowest BCUT2D eigenvalue weighted by Gasteiger charge is -2.14. The van der Waals surface area contributed by atoms with E-state index in [2.05, 4.69) is 27.6 Å². The van der Waals surface area contributed by atoms with Crippen molar-refractivity contribution in [1.29, 1.82) is 0 Å². The van der Waals surface area contributed by atoms with Gasteiger partial charge in [-0.2, -0.15) is 0 Å². The first-order chi connectivity index (χ1) is 3.88. The predicted octanol–water partition coefficient (Wildman–Crippen LogP) is 2.15. The maximum absolute atomic E-state index is 4.11. The first-order valence-electron chi connectivity index (χ1n) is 2.20. The van der Waals surface area contributed by atoms with Crippen LogP contribution in [0.2, 0.25) is 0 Å². The zero-order valence-electron chi connectivity index (χ0n) is 3.89. The van der Waals surface area contributed by atoms with E-state index in [1.807, 2.05) is 12.3 Å². The van der Waals surface area contributed by atoms with Crippen LogP contribution in [-0.4, -0.2) is 4.98 Å². The van der Waals surface area contributed by atoms with E-state index >= 15 is 0 Å². The van der Waals surface area contributed by atoms with Crippen molar-refractivity contribution in [3.63, 3.8) is 0 Å². The van der Waals surface area contributed by atoms with Gasteiger partial charge in [0, 0.05) is 11.1 Å². The van der Waals surface area contributed by atoms with Gasteiger partial charge in [0.05, 0.1) is 3.57 Å². The van der Waals surface area contributed by atoms with Gasteiger partial charge in [-0.1, -0.05) is 11.8 Å². The Morgan fingerprint density at radius 3 is 2.75 bits per heavy atom. The summed E-state index contributed by atoms with van der Waals surface area (Å²) in [7, 11) is 0. The van der Waals surface area contributed by atoms with E-state index in [-0.39, 0.29) is 0 Å². The highest BCUT2D eigenvalue weighted by Crippen LogP contribution is 2.43. The van der Waals surface area contributed by atoms with Gasteiger partial charge in [-0.15, -0.1) is 0 Å². The standard InChI is InChI=1S/C5H2INS/c6-4-3-1-2-7-5(4)8-3/h1-2H. The summed E-state index contributed by atoms with van der Waals surface area (Å²) in [6.45, 7) is 0. The summed E-state index contributed by atoms with van der Waals surface area (Å²) in [5.74, 6) is 0. The monoisotopic (exact) mass is 235 g/mol. The van der Waals surface area contributed by atoms with E-state index in [1.54, 1.807) is 11.8 Å². The van der Waals surface area contributed by atoms with E-state index in [4.69, 9.17) is 0 Å². The molecule has 0 unspecified atom stereocenters. The number of hydrogen-bond donors (Lipinski definition) is 0. The van der Waals surface area contributed by atoms with Gasteiger partial charge in [-0.05, 0) is 28.7 Å². The molecule has 0 radical (unpaired) electrons. The van der Waals surface area contributed by atoms with Crippen LogP contribution >= 0.6 is 34.4 Å². The molecule has 3 heteroatoms. The third-order valence-corrected chi connectivity index (χ3v) is 3.92. The largest absolute Gasteiger partial charge is 0.248 e. The number of halogens is 1. The molecule has 0 spiro atoms. The van der Waals surface area contributed by atoms with E-state index < -0.39 is 0 Å². The minimum atomic E-state index is 1.18. The average Bonchev–Trinajstić information content (AvgIpc) is 1.89. The molecule has 3 heterocycles. The summed E-state index contributed by atoms with van der Waals surface area (Å²) >= 11 is 4.07. The smallest absolute Gasteiger partial charge is 0.115 e. The zero-order chi connectivity index (χ0) is 5.56. The maximum Gasteiger partial charge on any atom is 0.115 e. The van der Waals surface area contributed by atoms with Crippen molar-refractivity contribution in [3.05, 3.63) is 15.8 Å². The van der Waals surface area contributed by atoms with Crippen molar-refractivity contribution in [2.75, 3.05) is 0 Å². The Hall–Kier alpha value is 0.230. The van der Waals surface area contributed by atoms with Crippen molar-refractivity contribution in [1.82, 2.24) is 4.98 Å². The van der Waals surface area contributed by atoms with Crippen LogP contribution in [0.15, 0.2) is 22.2 Å². The van der Waals surface area contributed by atoms with Crippen LogP contribution in [-0.2, 0) is 0 Å². The van der Waals surface area contributed by atoms with Gasteiger partial charge in [0.1, 0.15) is 5.03 Å². The van der Waals surface area contributed by atoms with Gasteiger partial charge in [-0.3, -0.25) is 0 Å². The molecule has 1 aromatic heterocycles. The highest BCUT2D eigenvalue weighted by molar-refractivity contribution is 14.1. The molecule has 3 rings (SSSR count). The number of aromatic nitrogens is 1. The molecule has 1 aromatic rings. The van der Waals surface area contributed by atoms with Crippen molar-refractivity contribution >= 4 is 34.4 Å². The van der Waals surface area contributed by atoms with Crippen molar-refractivity contribution < 1.29 is 0 Å². The van der Waals surface area contributed by atoms with Crippen molar-refractivity contribution in [2.45, 2.75) is 9.92 Å². The molecule has 1 nitrogen and oxygen atoms in total. The van der Waals surface area contributed by atoms with Crippen LogP contribution in [0.4, 0.5) is 0 Å². The van der Waals surface area contributed by atoms with E-state index in [0.29, 0.717) is 0 Å². The molecule has 0 N–H and O–H groups in total. The molecule has 0 amide bonds. The predicted molar refractivity (Wildman–Crippen MR) is 41.1 cm³/mol. The average molecular weight is 235 g/mol. The Labute approximate surface area is 65.0 Å². The fourth-order valence-electron chi connectivity index (χ4n) is 0.616. The quantitative estimate of drug-likeness (QED) is 0.649. The van der Waals surface area contributed by atoms with Gasteiger partial charge in [0.25, 0.3) is 0 Å². The number of hydrogen-bond acceptors (Lipinski definition) is 2. The van der Waals surface area contributed by atoms with Crippen LogP contribution in [0.5, 0.6) is 0 Å². The molecule has 0 aromatic carbocycles. The molecule has 0 saturated heterocycles. The summed E-state index contributed by atoms with van der Waals surface area (Å²) in [4.78, 5) is 5.48. The van der Waals surface area contributed by atoms with E-state index in [9.17, 15) is 0 Å². The minimum absolute atomic E-state index is 1.18. The molecule has 0 aliphatic carbocycles. The summed E-state index contributed by atoms with van der Waals surface area (Å²) < 4.78 is 1.33. The Morgan fingerprint density at radius 1 is 1.62 bits per heavy atom. The highest BCUT2D eigenvalue weighted by Gasteiger charge is 2.17. The minimum Gasteiger partial charge on any atom is -0.248 e. The molecule has 2 aliphatic rings. The zero-order valence-corrected chi connectivity index (χ0v) is 6.86. The molecule has 8 heavy (non-hydrogen) atoms. The van der Waals surface area contributed by atoms with Crippen molar-refractivity contribution in [2.24, 2.45) is 0 Å². The molecular weight excluding hydrogens is 233 g/mol. The highest BCUT2D eigenvalue weighted by atomic mass is 127. The molecule has 2 bridgehead atoms. The third-order valence-electron chi connectivity index (χ3n) is 1.03. The topological polar surface area (TPSA) is 12.9 Å². The molecule has 0 atom stereocenters. The summed E-state index contributed by atoms with van der Waals surface area (Å²) in [6, 6.07) is 2.04. The maximum atomic E-state index is 4.11. The van der Waals surface area contributed by atoms with E-state index in [1.165, 1.54) is 13.5 Å². The Kier molecular flexibility index (Phi) is 1.01. The van der Waals surface area contributed by atoms with Crippen LogP contribution in [0.3, 0.4) is 0 Å². The van der Waals surface area contributed by atoms with Gasteiger partial charge in [0.2, 0.25) is 0 Å². The number of fused-ring (bicyclic) bond motifs is 2. The second-order valence-electron chi connectivity index (χ2n) is 1.53. The van der Waals surface area contributed by atoms with E-state index in [0.717, 1.165) is 0 Å². The molecular formula is C5H2INS. The number of rotatable bonds is 0. The fraction of sp³-hybridized carbons (Fsp3) is 0. The Morgan fingerprint density at radius 2 is 2.50 bits per heavy atom. The second-order valence-corrected chi connectivity index (χ2v) is 3.64. The van der Waals surface area contributed by atoms with Gasteiger partial charge in [0.15, 0.2) is 0 Å². The van der Waals surface area contributed by atoms with Crippen LogP contribution in [0.25, 0.3) is 0 Å². The first kappa shape index (κ1) is 5.05. The Bertz CT molecular complexity index is 216. The molecule has 0 saturated carbocycles. The van der Waals surface area contributed by atoms with Gasteiger partial charge >= 0.3 is 0 Å². The Balaban J connectivity index is 2.75. The summed E-state index contributed by atoms with van der Waals surface area (Å²) in [6.07, 6.45) is 1.85. The van der Waals surface area contributed by atoms with Crippen LogP contribution < -0.4 is 0 Å². The molecule has 40 valence electrons. The lowest BCUT2D eigenvalue weighted by Crippen LogP contribution is -1.96. The normalized spacial score (nSPS) is 13.1. The van der Waals surface area contributed by atoms with Crippen LogP contribution in [0.1, 0.15) is 0 Å². The van der Waals surface area contributed by atoms with Gasteiger partial charge < -0.3 is 0 Å². The molecule has 0 fully saturated rings. The molecule has 2 aliphatic heterocycles. The summed E-state index contributed by atoms with van der Waals surface area (Å²) in [5.41, 5.74) is 0. The second kappa shape index (κ2) is 1.60. The van der Waals surface area contributed by atoms with Crippen LogP contribution in [0, 0.1) is 3.57 Å². The summed E-state index contributed by atoms with van der Waals surface area (Å²) in [5, 5.41) is 1.18. The lowest BCUT2D eigenvalue weighted by atomic mass is 10.5. The number of pyridine rings is 1. The lowest BCUT2D eigenvalue weighted by molar-refractivity contribution is 1.01. The fourth-order valence-corrected chi connectivity index (χ4v) is 2.28. The SMILES string of the molecule is Ic1c2ccnc1S2. The third kappa shape index (κ3) is 0.513.